The van der Waals surface area contributed by atoms with E-state index in [1.165, 1.54) is 19.4 Å². The lowest BCUT2D eigenvalue weighted by Crippen LogP contribution is -2.34. The van der Waals surface area contributed by atoms with Crippen LogP contribution in [-0.2, 0) is 19.1 Å². The first-order valence-electron chi connectivity index (χ1n) is 9.43. The summed E-state index contributed by atoms with van der Waals surface area (Å²) in [6, 6.07) is 11.7. The van der Waals surface area contributed by atoms with E-state index in [0.29, 0.717) is 11.3 Å². The fourth-order valence-corrected chi connectivity index (χ4v) is 3.03. The van der Waals surface area contributed by atoms with E-state index in [9.17, 15) is 14.4 Å². The van der Waals surface area contributed by atoms with Crippen molar-refractivity contribution >= 4 is 17.7 Å². The highest BCUT2D eigenvalue weighted by Crippen LogP contribution is 2.33. The van der Waals surface area contributed by atoms with Gasteiger partial charge in [0.2, 0.25) is 0 Å². The topological polar surface area (TPSA) is 91.8 Å². The van der Waals surface area contributed by atoms with E-state index < -0.39 is 29.6 Å². The van der Waals surface area contributed by atoms with Crippen LogP contribution < -0.4 is 4.74 Å². The molecule has 2 atom stereocenters. The molecule has 7 nitrogen and oxygen atoms in total. The summed E-state index contributed by atoms with van der Waals surface area (Å²) < 4.78 is 15.4. The smallest absolute Gasteiger partial charge is 0.317 e. The number of Topliss-reactive ketones (excluding diaryl/α,β-unsaturated/α-hetero) is 1. The van der Waals surface area contributed by atoms with Gasteiger partial charge in [-0.25, -0.2) is 0 Å². The first kappa shape index (κ1) is 22.1. The Kier molecular flexibility index (Phi) is 8.33. The number of hydrogen-bond acceptors (Lipinski definition) is 7. The molecule has 0 saturated heterocycles. The molecular weight excluding hydrogens is 374 g/mol. The molecule has 1 aromatic carbocycles. The number of methoxy groups -OCH3 is 1. The summed E-state index contributed by atoms with van der Waals surface area (Å²) in [5.41, 5.74) is 0.758. The van der Waals surface area contributed by atoms with Crippen molar-refractivity contribution in [2.45, 2.75) is 26.2 Å². The molecule has 0 saturated carbocycles. The number of hydrogen-bond donors (Lipinski definition) is 0. The number of carbonyl (C=O) groups is 3. The largest absolute Gasteiger partial charge is 0.497 e. The summed E-state index contributed by atoms with van der Waals surface area (Å²) >= 11 is 0. The molecule has 2 rings (SSSR count). The van der Waals surface area contributed by atoms with Gasteiger partial charge < -0.3 is 14.2 Å². The van der Waals surface area contributed by atoms with Crippen LogP contribution in [-0.4, -0.2) is 43.0 Å². The van der Waals surface area contributed by atoms with Gasteiger partial charge in [0.25, 0.3) is 0 Å². The third kappa shape index (κ3) is 5.88. The van der Waals surface area contributed by atoms with Gasteiger partial charge in [-0.05, 0) is 43.7 Å². The van der Waals surface area contributed by atoms with Gasteiger partial charge in [0.05, 0.1) is 26.7 Å². The molecule has 0 fully saturated rings. The predicted molar refractivity (Wildman–Crippen MR) is 106 cm³/mol. The van der Waals surface area contributed by atoms with E-state index in [2.05, 4.69) is 4.98 Å². The van der Waals surface area contributed by atoms with Crippen LogP contribution in [0.25, 0.3) is 0 Å². The van der Waals surface area contributed by atoms with Gasteiger partial charge in [-0.1, -0.05) is 18.2 Å². The minimum atomic E-state index is -1.23. The molecule has 0 aliphatic rings. The van der Waals surface area contributed by atoms with Crippen LogP contribution in [0.15, 0.2) is 48.7 Å². The Bertz CT molecular complexity index is 819. The van der Waals surface area contributed by atoms with Crippen molar-refractivity contribution in [2.24, 2.45) is 5.92 Å². The van der Waals surface area contributed by atoms with Gasteiger partial charge in [0.1, 0.15) is 17.4 Å². The van der Waals surface area contributed by atoms with Crippen molar-refractivity contribution in [3.05, 3.63) is 59.9 Å². The zero-order valence-corrected chi connectivity index (χ0v) is 16.8. The average molecular weight is 399 g/mol. The maximum atomic E-state index is 13.2. The minimum absolute atomic E-state index is 0.111. The average Bonchev–Trinajstić information content (AvgIpc) is 2.74. The third-order valence-electron chi connectivity index (χ3n) is 4.38. The molecule has 1 aromatic heterocycles. The fourth-order valence-electron chi connectivity index (χ4n) is 3.03. The van der Waals surface area contributed by atoms with Crippen LogP contribution in [0.1, 0.15) is 42.2 Å². The molecule has 0 bridgehead atoms. The molecule has 2 unspecified atom stereocenters. The maximum Gasteiger partial charge on any atom is 0.317 e. The summed E-state index contributed by atoms with van der Waals surface area (Å²) in [6.45, 7) is 3.67. The molecule has 0 spiro atoms. The van der Waals surface area contributed by atoms with Crippen molar-refractivity contribution in [1.82, 2.24) is 4.98 Å². The molecular formula is C22H25NO6. The monoisotopic (exact) mass is 399 g/mol. The normalized spacial score (nSPS) is 12.5. The van der Waals surface area contributed by atoms with E-state index in [1.54, 1.807) is 50.2 Å². The number of benzene rings is 1. The number of pyridine rings is 1. The standard InChI is InChI=1S/C22H25NO6/c1-4-28-19(24)14-17(15-9-11-16(27-3)12-10-15)20(22(26)29-5-2)21(25)18-8-6-7-13-23-18/h6-13,17,20H,4-5,14H2,1-3H3. The molecule has 0 N–H and O–H groups in total. The fraction of sp³-hybridized carbons (Fsp3) is 0.364. The molecule has 29 heavy (non-hydrogen) atoms. The molecule has 0 radical (unpaired) electrons. The first-order valence-corrected chi connectivity index (χ1v) is 9.43. The van der Waals surface area contributed by atoms with Crippen molar-refractivity contribution < 1.29 is 28.6 Å². The molecule has 0 aliphatic heterocycles. The Morgan fingerprint density at radius 2 is 1.66 bits per heavy atom. The van der Waals surface area contributed by atoms with Gasteiger partial charge in [-0.2, -0.15) is 0 Å². The lowest BCUT2D eigenvalue weighted by atomic mass is 9.80. The predicted octanol–water partition coefficient (Wildman–Crippen LogP) is 3.19. The summed E-state index contributed by atoms with van der Waals surface area (Å²) in [5, 5.41) is 0. The van der Waals surface area contributed by atoms with Crippen LogP contribution in [0.4, 0.5) is 0 Å². The van der Waals surface area contributed by atoms with Crippen LogP contribution in [0.2, 0.25) is 0 Å². The molecule has 154 valence electrons. The number of ether oxygens (including phenoxy) is 3. The second-order valence-electron chi connectivity index (χ2n) is 6.20. The van der Waals surface area contributed by atoms with Gasteiger partial charge in [-0.15, -0.1) is 0 Å². The SMILES string of the molecule is CCOC(=O)CC(c1ccc(OC)cc1)C(C(=O)OCC)C(=O)c1ccccn1. The van der Waals surface area contributed by atoms with E-state index in [4.69, 9.17) is 14.2 Å². The van der Waals surface area contributed by atoms with Crippen molar-refractivity contribution in [3.8, 4) is 5.75 Å². The van der Waals surface area contributed by atoms with E-state index in [1.807, 2.05) is 0 Å². The zero-order chi connectivity index (χ0) is 21.2. The van der Waals surface area contributed by atoms with E-state index >= 15 is 0 Å². The van der Waals surface area contributed by atoms with Crippen molar-refractivity contribution in [3.63, 3.8) is 0 Å². The summed E-state index contributed by atoms with van der Waals surface area (Å²) in [5.74, 6) is -3.09. The summed E-state index contributed by atoms with van der Waals surface area (Å²) in [7, 11) is 1.54. The maximum absolute atomic E-state index is 13.2. The molecule has 1 heterocycles. The Labute approximate surface area is 170 Å². The Morgan fingerprint density at radius 3 is 2.21 bits per heavy atom. The van der Waals surface area contributed by atoms with Crippen molar-refractivity contribution in [2.75, 3.05) is 20.3 Å². The third-order valence-corrected chi connectivity index (χ3v) is 4.38. The summed E-state index contributed by atoms with van der Waals surface area (Å²) in [6.07, 6.45) is 1.32. The molecule has 2 aromatic rings. The highest BCUT2D eigenvalue weighted by atomic mass is 16.5. The zero-order valence-electron chi connectivity index (χ0n) is 16.8. The van der Waals surface area contributed by atoms with Gasteiger partial charge in [0, 0.05) is 12.1 Å². The van der Waals surface area contributed by atoms with E-state index in [-0.39, 0.29) is 25.3 Å². The van der Waals surface area contributed by atoms with Crippen LogP contribution >= 0.6 is 0 Å². The van der Waals surface area contributed by atoms with Crippen LogP contribution in [0.3, 0.4) is 0 Å². The highest BCUT2D eigenvalue weighted by Gasteiger charge is 2.39. The summed E-state index contributed by atoms with van der Waals surface area (Å²) in [4.78, 5) is 42.3. The number of nitrogens with zero attached hydrogens (tertiary/aromatic N) is 1. The second-order valence-corrected chi connectivity index (χ2v) is 6.20. The first-order chi connectivity index (χ1) is 14.0. The Balaban J connectivity index is 2.50. The number of aromatic nitrogens is 1. The van der Waals surface area contributed by atoms with Crippen LogP contribution in [0.5, 0.6) is 5.75 Å². The van der Waals surface area contributed by atoms with Crippen LogP contribution in [0, 0.1) is 5.92 Å². The highest BCUT2D eigenvalue weighted by molar-refractivity contribution is 6.08. The van der Waals surface area contributed by atoms with Crippen molar-refractivity contribution in [1.29, 1.82) is 0 Å². The molecule has 0 amide bonds. The number of ketones is 1. The lowest BCUT2D eigenvalue weighted by Gasteiger charge is -2.24. The van der Waals surface area contributed by atoms with Gasteiger partial charge in [-0.3, -0.25) is 19.4 Å². The molecule has 7 heteroatoms. The van der Waals surface area contributed by atoms with Gasteiger partial charge in [0.15, 0.2) is 5.78 Å². The number of carbonyl (C=O) groups excluding carboxylic acids is 3. The van der Waals surface area contributed by atoms with Gasteiger partial charge >= 0.3 is 11.9 Å². The molecule has 0 aliphatic carbocycles. The minimum Gasteiger partial charge on any atom is -0.497 e. The number of esters is 2. The second kappa shape index (κ2) is 10.9. The Morgan fingerprint density at radius 1 is 0.966 bits per heavy atom. The number of rotatable bonds is 10. The van der Waals surface area contributed by atoms with E-state index in [0.717, 1.165) is 0 Å². The quantitative estimate of drug-likeness (QED) is 0.344. The lowest BCUT2D eigenvalue weighted by molar-refractivity contribution is -0.148. The Hall–Kier alpha value is -3.22.